The quantitative estimate of drug-likeness (QED) is 0.864. The molecule has 0 bridgehead atoms. The summed E-state index contributed by atoms with van der Waals surface area (Å²) in [6.07, 6.45) is 2.17. The zero-order valence-corrected chi connectivity index (χ0v) is 14.3. The molecule has 0 fully saturated rings. The molecule has 0 radical (unpaired) electrons. The van der Waals surface area contributed by atoms with E-state index in [1.54, 1.807) is 0 Å². The van der Waals surface area contributed by atoms with Crippen LogP contribution in [-0.2, 0) is 22.8 Å². The smallest absolute Gasteiger partial charge is 0.149 e. The lowest BCUT2D eigenvalue weighted by molar-refractivity contribution is 0.429. The van der Waals surface area contributed by atoms with Gasteiger partial charge in [0.05, 0.1) is 18.0 Å². The average Bonchev–Trinajstić information content (AvgIpc) is 2.51. The van der Waals surface area contributed by atoms with Crippen molar-refractivity contribution < 1.29 is 8.42 Å². The number of hydrogen-bond acceptors (Lipinski definition) is 4. The van der Waals surface area contributed by atoms with Crippen LogP contribution in [0.25, 0.3) is 0 Å². The van der Waals surface area contributed by atoms with E-state index in [4.69, 9.17) is 0 Å². The first-order valence-electron chi connectivity index (χ1n) is 6.95. The summed E-state index contributed by atoms with van der Waals surface area (Å²) in [6, 6.07) is 0. The molecular weight excluding hydrogens is 274 g/mol. The molecule has 1 aromatic heterocycles. The molecule has 0 aromatic carbocycles. The molecule has 1 N–H and O–H groups in total. The molecule has 116 valence electrons. The fourth-order valence-corrected chi connectivity index (χ4v) is 2.63. The van der Waals surface area contributed by atoms with Gasteiger partial charge in [-0.15, -0.1) is 0 Å². The highest BCUT2D eigenvalue weighted by Crippen LogP contribution is 2.14. The van der Waals surface area contributed by atoms with Gasteiger partial charge in [-0.25, -0.2) is 8.42 Å². The minimum absolute atomic E-state index is 0.105. The van der Waals surface area contributed by atoms with Gasteiger partial charge in [-0.1, -0.05) is 0 Å². The van der Waals surface area contributed by atoms with Crippen LogP contribution in [0.1, 0.15) is 37.7 Å². The van der Waals surface area contributed by atoms with Gasteiger partial charge in [0.2, 0.25) is 0 Å². The lowest BCUT2D eigenvalue weighted by Crippen LogP contribution is -2.37. The lowest BCUT2D eigenvalue weighted by Gasteiger charge is -2.20. The summed E-state index contributed by atoms with van der Waals surface area (Å²) >= 11 is 0. The molecule has 0 saturated carbocycles. The fourth-order valence-electron chi connectivity index (χ4n) is 2.13. The van der Waals surface area contributed by atoms with Crippen LogP contribution < -0.4 is 5.32 Å². The molecule has 1 rings (SSSR count). The minimum Gasteiger partial charge on any atom is -0.312 e. The van der Waals surface area contributed by atoms with E-state index in [-0.39, 0.29) is 11.3 Å². The molecular formula is C14H27N3O2S. The Hall–Kier alpha value is -0.880. The fraction of sp³-hybridized carbons (Fsp3) is 0.786. The van der Waals surface area contributed by atoms with Crippen LogP contribution in [0.4, 0.5) is 0 Å². The highest BCUT2D eigenvalue weighted by atomic mass is 32.2. The number of sulfone groups is 1. The summed E-state index contributed by atoms with van der Waals surface area (Å²) in [7, 11) is -2.95. The first-order chi connectivity index (χ1) is 8.99. The molecule has 0 aliphatic heterocycles. The molecule has 0 aliphatic carbocycles. The monoisotopic (exact) mass is 301 g/mol. The lowest BCUT2D eigenvalue weighted by atomic mass is 10.1. The van der Waals surface area contributed by atoms with Crippen molar-refractivity contribution in [1.82, 2.24) is 15.1 Å². The Morgan fingerprint density at radius 1 is 1.25 bits per heavy atom. The molecule has 1 heterocycles. The van der Waals surface area contributed by atoms with Crippen molar-refractivity contribution in [1.29, 1.82) is 0 Å². The summed E-state index contributed by atoms with van der Waals surface area (Å²) < 4.78 is 24.3. The first-order valence-corrected chi connectivity index (χ1v) is 9.01. The Morgan fingerprint density at radius 2 is 1.85 bits per heavy atom. The molecule has 0 atom stereocenters. The van der Waals surface area contributed by atoms with E-state index in [9.17, 15) is 8.42 Å². The molecule has 6 heteroatoms. The van der Waals surface area contributed by atoms with Crippen LogP contribution in [-0.4, -0.2) is 42.3 Å². The summed E-state index contributed by atoms with van der Waals surface area (Å²) in [5.74, 6) is 0.134. The van der Waals surface area contributed by atoms with Gasteiger partial charge in [-0.3, -0.25) is 4.68 Å². The number of aryl methyl sites for hydroxylation is 2. The molecule has 0 amide bonds. The van der Waals surface area contributed by atoms with Crippen LogP contribution >= 0.6 is 0 Å². The Morgan fingerprint density at radius 3 is 2.35 bits per heavy atom. The van der Waals surface area contributed by atoms with Crippen LogP contribution in [0, 0.1) is 13.8 Å². The molecule has 20 heavy (non-hydrogen) atoms. The SMILES string of the molecule is Cc1nn(CCS(C)(=O)=O)c(C)c1CCNC(C)(C)C. The maximum Gasteiger partial charge on any atom is 0.149 e. The van der Waals surface area contributed by atoms with Gasteiger partial charge in [-0.2, -0.15) is 5.10 Å². The standard InChI is InChI=1S/C14H27N3O2S/c1-11-13(7-8-15-14(3,4)5)12(2)17(16-11)9-10-20(6,18)19/h15H,7-10H2,1-6H3. The largest absolute Gasteiger partial charge is 0.312 e. The van der Waals surface area contributed by atoms with Gasteiger partial charge in [0.15, 0.2) is 0 Å². The van der Waals surface area contributed by atoms with Crippen molar-refractivity contribution in [3.63, 3.8) is 0 Å². The Kier molecular flexibility index (Phi) is 5.38. The van der Waals surface area contributed by atoms with Crippen molar-refractivity contribution in [3.8, 4) is 0 Å². The third kappa shape index (κ3) is 5.63. The number of nitrogens with one attached hydrogen (secondary N) is 1. The van der Waals surface area contributed by atoms with Gasteiger partial charge in [0.1, 0.15) is 9.84 Å². The van der Waals surface area contributed by atoms with Crippen molar-refractivity contribution in [2.45, 2.75) is 53.1 Å². The van der Waals surface area contributed by atoms with Crippen molar-refractivity contribution >= 4 is 9.84 Å². The average molecular weight is 301 g/mol. The molecule has 1 aromatic rings. The molecule has 5 nitrogen and oxygen atoms in total. The maximum atomic E-state index is 11.2. The Balaban J connectivity index is 2.71. The molecule has 0 saturated heterocycles. The van der Waals surface area contributed by atoms with Gasteiger partial charge in [-0.05, 0) is 53.1 Å². The van der Waals surface area contributed by atoms with Gasteiger partial charge >= 0.3 is 0 Å². The second-order valence-corrected chi connectivity index (χ2v) is 8.69. The number of hydrogen-bond donors (Lipinski definition) is 1. The summed E-state index contributed by atoms with van der Waals surface area (Å²) in [5, 5.41) is 7.91. The van der Waals surface area contributed by atoms with Crippen molar-refractivity contribution in [2.24, 2.45) is 0 Å². The van der Waals surface area contributed by atoms with Gasteiger partial charge in [0.25, 0.3) is 0 Å². The molecule has 0 spiro atoms. The summed E-state index contributed by atoms with van der Waals surface area (Å²) in [4.78, 5) is 0. The van der Waals surface area contributed by atoms with Crippen LogP contribution in [0.3, 0.4) is 0 Å². The van der Waals surface area contributed by atoms with Crippen LogP contribution in [0.2, 0.25) is 0 Å². The predicted octanol–water partition coefficient (Wildman–Crippen LogP) is 1.48. The first kappa shape index (κ1) is 17.2. The number of nitrogens with zero attached hydrogens (tertiary/aromatic N) is 2. The molecule has 0 unspecified atom stereocenters. The number of rotatable bonds is 6. The number of aromatic nitrogens is 2. The molecule has 0 aliphatic rings. The van der Waals surface area contributed by atoms with E-state index >= 15 is 0 Å². The zero-order valence-electron chi connectivity index (χ0n) is 13.4. The van der Waals surface area contributed by atoms with E-state index in [0.717, 1.165) is 24.4 Å². The van der Waals surface area contributed by atoms with Crippen molar-refractivity contribution in [2.75, 3.05) is 18.6 Å². The van der Waals surface area contributed by atoms with E-state index in [1.807, 2.05) is 18.5 Å². The third-order valence-corrected chi connectivity index (χ3v) is 4.16. The van der Waals surface area contributed by atoms with Crippen molar-refractivity contribution in [3.05, 3.63) is 17.0 Å². The summed E-state index contributed by atoms with van der Waals surface area (Å²) in [6.45, 7) is 11.7. The third-order valence-electron chi connectivity index (χ3n) is 3.24. The van der Waals surface area contributed by atoms with Gasteiger partial charge < -0.3 is 5.32 Å². The van der Waals surface area contributed by atoms with E-state index in [2.05, 4.69) is 31.2 Å². The minimum atomic E-state index is -2.95. The van der Waals surface area contributed by atoms with E-state index in [0.29, 0.717) is 6.54 Å². The van der Waals surface area contributed by atoms with Gasteiger partial charge in [0, 0.05) is 17.5 Å². The predicted molar refractivity (Wildman–Crippen MR) is 82.9 cm³/mol. The highest BCUT2D eigenvalue weighted by Gasteiger charge is 2.14. The van der Waals surface area contributed by atoms with E-state index < -0.39 is 9.84 Å². The second kappa shape index (κ2) is 6.26. The second-order valence-electron chi connectivity index (χ2n) is 6.43. The van der Waals surface area contributed by atoms with E-state index in [1.165, 1.54) is 11.8 Å². The Labute approximate surface area is 122 Å². The van der Waals surface area contributed by atoms with Crippen LogP contribution in [0.15, 0.2) is 0 Å². The maximum absolute atomic E-state index is 11.2. The Bertz CT molecular complexity index is 554. The normalized spacial score (nSPS) is 12.9. The zero-order chi connectivity index (χ0) is 15.6. The summed E-state index contributed by atoms with van der Waals surface area (Å²) in [5.41, 5.74) is 3.39. The highest BCUT2D eigenvalue weighted by molar-refractivity contribution is 7.90. The topological polar surface area (TPSA) is 64.0 Å². The van der Waals surface area contributed by atoms with Crippen LogP contribution in [0.5, 0.6) is 0 Å².